The number of para-hydroxylation sites is 2. The SMILES string of the molecule is CCOc1ccccc1N1CCN(C(=O)c2csc(CSc3nnc(-c4cccnc4)n3-c3cccc(Cl)c3)n2)CC1. The van der Waals surface area contributed by atoms with E-state index in [1.165, 1.54) is 23.1 Å². The van der Waals surface area contributed by atoms with Crippen molar-refractivity contribution in [3.63, 3.8) is 0 Å². The Bertz CT molecular complexity index is 1670. The monoisotopic (exact) mass is 617 g/mol. The highest BCUT2D eigenvalue weighted by Gasteiger charge is 2.25. The number of hydrogen-bond acceptors (Lipinski definition) is 9. The van der Waals surface area contributed by atoms with Crippen LogP contribution in [0, 0.1) is 0 Å². The Morgan fingerprint density at radius 2 is 1.90 bits per heavy atom. The van der Waals surface area contributed by atoms with Gasteiger partial charge in [0, 0.05) is 54.5 Å². The van der Waals surface area contributed by atoms with Crippen molar-refractivity contribution in [2.45, 2.75) is 17.8 Å². The molecule has 12 heteroatoms. The van der Waals surface area contributed by atoms with Gasteiger partial charge in [-0.15, -0.1) is 21.5 Å². The molecule has 0 unspecified atom stereocenters. The van der Waals surface area contributed by atoms with E-state index in [2.05, 4.69) is 31.1 Å². The first-order valence-electron chi connectivity index (χ1n) is 13.6. The fourth-order valence-electron chi connectivity index (χ4n) is 4.80. The smallest absolute Gasteiger partial charge is 0.273 e. The predicted molar refractivity (Wildman–Crippen MR) is 167 cm³/mol. The first-order chi connectivity index (χ1) is 20.6. The highest BCUT2D eigenvalue weighted by molar-refractivity contribution is 7.98. The van der Waals surface area contributed by atoms with Gasteiger partial charge in [0.1, 0.15) is 16.5 Å². The summed E-state index contributed by atoms with van der Waals surface area (Å²) in [5.41, 5.74) is 3.25. The molecule has 1 aliphatic rings. The lowest BCUT2D eigenvalue weighted by molar-refractivity contribution is 0.0741. The standard InChI is InChI=1S/C30H28ClN7O2S2/c1-2-40-26-11-4-3-10-25(26)36-13-15-37(16-14-36)29(39)24-19-41-27(33-24)20-42-30-35-34-28(21-7-6-12-32-18-21)38(30)23-9-5-8-22(31)17-23/h3-12,17-19H,2,13-16,20H2,1H3. The molecule has 1 amide bonds. The molecule has 0 bridgehead atoms. The van der Waals surface area contributed by atoms with Crippen LogP contribution in [-0.2, 0) is 5.75 Å². The number of thioether (sulfide) groups is 1. The molecule has 42 heavy (non-hydrogen) atoms. The molecule has 0 atom stereocenters. The minimum Gasteiger partial charge on any atom is -0.492 e. The van der Waals surface area contributed by atoms with E-state index in [4.69, 9.17) is 16.3 Å². The van der Waals surface area contributed by atoms with Gasteiger partial charge in [-0.25, -0.2) is 4.98 Å². The van der Waals surface area contributed by atoms with Crippen molar-refractivity contribution in [3.8, 4) is 22.8 Å². The van der Waals surface area contributed by atoms with E-state index in [-0.39, 0.29) is 5.91 Å². The van der Waals surface area contributed by atoms with Gasteiger partial charge in [0.05, 0.1) is 23.7 Å². The van der Waals surface area contributed by atoms with E-state index in [1.807, 2.05) is 76.4 Å². The van der Waals surface area contributed by atoms with Gasteiger partial charge in [-0.1, -0.05) is 41.6 Å². The zero-order chi connectivity index (χ0) is 28.9. The number of piperazine rings is 1. The predicted octanol–water partition coefficient (Wildman–Crippen LogP) is 6.09. The third-order valence-electron chi connectivity index (χ3n) is 6.79. The van der Waals surface area contributed by atoms with Crippen molar-refractivity contribution in [2.24, 2.45) is 0 Å². The molecular weight excluding hydrogens is 590 g/mol. The summed E-state index contributed by atoms with van der Waals surface area (Å²) >= 11 is 9.30. The molecule has 3 aromatic heterocycles. The molecule has 0 spiro atoms. The van der Waals surface area contributed by atoms with Crippen LogP contribution >= 0.6 is 34.7 Å². The lowest BCUT2D eigenvalue weighted by Crippen LogP contribution is -2.49. The van der Waals surface area contributed by atoms with Crippen LogP contribution in [0.15, 0.2) is 83.6 Å². The second kappa shape index (κ2) is 12.9. The van der Waals surface area contributed by atoms with Crippen LogP contribution in [0.2, 0.25) is 5.02 Å². The average molecular weight is 618 g/mol. The molecule has 0 aliphatic carbocycles. The van der Waals surface area contributed by atoms with Gasteiger partial charge >= 0.3 is 0 Å². The van der Waals surface area contributed by atoms with Crippen molar-refractivity contribution < 1.29 is 9.53 Å². The number of aromatic nitrogens is 5. The third kappa shape index (κ3) is 6.13. The summed E-state index contributed by atoms with van der Waals surface area (Å²) in [7, 11) is 0. The number of hydrogen-bond donors (Lipinski definition) is 0. The van der Waals surface area contributed by atoms with Gasteiger partial charge in [-0.05, 0) is 49.4 Å². The second-order valence-electron chi connectivity index (χ2n) is 9.46. The fourth-order valence-corrected chi connectivity index (χ4v) is 6.73. The Balaban J connectivity index is 1.13. The maximum atomic E-state index is 13.3. The second-order valence-corrected chi connectivity index (χ2v) is 11.8. The fraction of sp³-hybridized carbons (Fsp3) is 0.233. The first-order valence-corrected chi connectivity index (χ1v) is 15.8. The topological polar surface area (TPSA) is 89.3 Å². The Hall–Kier alpha value is -3.93. The Morgan fingerprint density at radius 3 is 2.69 bits per heavy atom. The van der Waals surface area contributed by atoms with E-state index in [1.54, 1.807) is 12.4 Å². The number of pyridine rings is 1. The molecular formula is C30H28ClN7O2S2. The molecule has 0 N–H and O–H groups in total. The largest absolute Gasteiger partial charge is 0.492 e. The van der Waals surface area contributed by atoms with Crippen LogP contribution in [-0.4, -0.2) is 68.3 Å². The van der Waals surface area contributed by atoms with Gasteiger partial charge in [0.15, 0.2) is 11.0 Å². The van der Waals surface area contributed by atoms with E-state index >= 15 is 0 Å². The normalized spacial score (nSPS) is 13.4. The van der Waals surface area contributed by atoms with Crippen LogP contribution in [0.4, 0.5) is 5.69 Å². The molecule has 4 heterocycles. The van der Waals surface area contributed by atoms with Crippen molar-refractivity contribution in [3.05, 3.63) is 94.2 Å². The number of nitrogens with zero attached hydrogens (tertiary/aromatic N) is 7. The Kier molecular flexibility index (Phi) is 8.68. The lowest BCUT2D eigenvalue weighted by atomic mass is 10.2. The van der Waals surface area contributed by atoms with Crippen LogP contribution in [0.5, 0.6) is 5.75 Å². The van der Waals surface area contributed by atoms with Crippen molar-refractivity contribution in [2.75, 3.05) is 37.7 Å². The van der Waals surface area contributed by atoms with Gasteiger partial charge in [-0.2, -0.15) is 0 Å². The summed E-state index contributed by atoms with van der Waals surface area (Å²) < 4.78 is 7.77. The maximum absolute atomic E-state index is 13.3. The van der Waals surface area contributed by atoms with Crippen molar-refractivity contribution >= 4 is 46.3 Å². The van der Waals surface area contributed by atoms with Crippen LogP contribution in [0.25, 0.3) is 17.1 Å². The molecule has 9 nitrogen and oxygen atoms in total. The minimum atomic E-state index is -0.0406. The minimum absolute atomic E-state index is 0.0406. The molecule has 0 saturated carbocycles. The van der Waals surface area contributed by atoms with Gasteiger partial charge in [0.2, 0.25) is 0 Å². The summed E-state index contributed by atoms with van der Waals surface area (Å²) in [4.78, 5) is 26.4. The highest BCUT2D eigenvalue weighted by atomic mass is 35.5. The third-order valence-corrected chi connectivity index (χ3v) is 8.99. The summed E-state index contributed by atoms with van der Waals surface area (Å²) in [5.74, 6) is 2.05. The summed E-state index contributed by atoms with van der Waals surface area (Å²) in [6.07, 6.45) is 3.48. The van der Waals surface area contributed by atoms with E-state index < -0.39 is 0 Å². The zero-order valence-corrected chi connectivity index (χ0v) is 25.3. The molecule has 6 rings (SSSR count). The molecule has 1 fully saturated rings. The van der Waals surface area contributed by atoms with Crippen LogP contribution in [0.3, 0.4) is 0 Å². The number of anilines is 1. The maximum Gasteiger partial charge on any atom is 0.273 e. The number of thiazole rings is 1. The summed E-state index contributed by atoms with van der Waals surface area (Å²) in [5, 5.41) is 12.9. The van der Waals surface area contributed by atoms with Crippen molar-refractivity contribution in [1.82, 2.24) is 29.6 Å². The van der Waals surface area contributed by atoms with E-state index in [0.717, 1.165) is 40.8 Å². The number of rotatable bonds is 9. The first kappa shape index (κ1) is 28.2. The molecule has 2 aromatic carbocycles. The molecule has 1 saturated heterocycles. The number of benzene rings is 2. The number of carbonyl (C=O) groups is 1. The lowest BCUT2D eigenvalue weighted by Gasteiger charge is -2.36. The summed E-state index contributed by atoms with van der Waals surface area (Å²) in [6.45, 7) is 5.33. The molecule has 214 valence electrons. The van der Waals surface area contributed by atoms with Crippen molar-refractivity contribution in [1.29, 1.82) is 0 Å². The molecule has 5 aromatic rings. The Morgan fingerprint density at radius 1 is 1.05 bits per heavy atom. The van der Waals surface area contributed by atoms with E-state index in [9.17, 15) is 4.79 Å². The van der Waals surface area contributed by atoms with Crippen LogP contribution in [0.1, 0.15) is 22.4 Å². The van der Waals surface area contributed by atoms with Gasteiger partial charge < -0.3 is 14.5 Å². The molecule has 1 aliphatic heterocycles. The highest BCUT2D eigenvalue weighted by Crippen LogP contribution is 2.32. The quantitative estimate of drug-likeness (QED) is 0.184. The van der Waals surface area contributed by atoms with Gasteiger partial charge in [-0.3, -0.25) is 14.3 Å². The number of amides is 1. The summed E-state index contributed by atoms with van der Waals surface area (Å²) in [6, 6.07) is 19.4. The average Bonchev–Trinajstić information content (AvgIpc) is 3.68. The van der Waals surface area contributed by atoms with E-state index in [0.29, 0.717) is 47.1 Å². The number of carbonyl (C=O) groups excluding carboxylic acids is 1. The molecule has 0 radical (unpaired) electrons. The number of ether oxygens (including phenoxy) is 1. The Labute approximate surface area is 257 Å². The number of halogens is 1. The zero-order valence-electron chi connectivity index (χ0n) is 22.9. The van der Waals surface area contributed by atoms with Gasteiger partial charge in [0.25, 0.3) is 5.91 Å². The van der Waals surface area contributed by atoms with Crippen LogP contribution < -0.4 is 9.64 Å².